The molecule has 1 aliphatic rings. The Morgan fingerprint density at radius 3 is 2.57 bits per heavy atom. The monoisotopic (exact) mass is 487 g/mol. The summed E-state index contributed by atoms with van der Waals surface area (Å²) in [5.41, 5.74) is 4.11. The van der Waals surface area contributed by atoms with E-state index in [1.807, 2.05) is 24.3 Å². The first-order valence-corrected chi connectivity index (χ1v) is 12.0. The summed E-state index contributed by atoms with van der Waals surface area (Å²) in [6, 6.07) is 14.6. The van der Waals surface area contributed by atoms with Gasteiger partial charge in [0.2, 0.25) is 5.91 Å². The second-order valence-corrected chi connectivity index (χ2v) is 9.10. The third-order valence-electron chi connectivity index (χ3n) is 5.94. The number of amides is 2. The molecular formula is C27H26ClN5O2. The molecule has 8 heteroatoms. The first-order chi connectivity index (χ1) is 16.9. The highest BCUT2D eigenvalue weighted by Crippen LogP contribution is 2.35. The number of anilines is 1. The lowest BCUT2D eigenvalue weighted by atomic mass is 10.1. The summed E-state index contributed by atoms with van der Waals surface area (Å²) in [6.07, 6.45) is 7.05. The number of pyridine rings is 2. The van der Waals surface area contributed by atoms with E-state index in [1.54, 1.807) is 48.5 Å². The van der Waals surface area contributed by atoms with Gasteiger partial charge in [0.05, 0.1) is 22.0 Å². The van der Waals surface area contributed by atoms with Gasteiger partial charge < -0.3 is 10.2 Å². The van der Waals surface area contributed by atoms with Gasteiger partial charge in [0.1, 0.15) is 11.8 Å². The quantitative estimate of drug-likeness (QED) is 0.437. The maximum absolute atomic E-state index is 12.5. The number of nitrogens with one attached hydrogen (secondary N) is 1. The fourth-order valence-electron chi connectivity index (χ4n) is 3.77. The Hall–Kier alpha value is -3.76. The molecule has 0 unspecified atom stereocenters. The van der Waals surface area contributed by atoms with E-state index in [2.05, 4.69) is 15.3 Å². The normalized spacial score (nSPS) is 12.6. The largest absolute Gasteiger partial charge is 0.352 e. The summed E-state index contributed by atoms with van der Waals surface area (Å²) < 4.78 is 0. The highest BCUT2D eigenvalue weighted by molar-refractivity contribution is 6.34. The molecule has 0 aliphatic heterocycles. The van der Waals surface area contributed by atoms with Crippen LogP contribution in [0.5, 0.6) is 0 Å². The fraction of sp³-hybridized carbons (Fsp3) is 0.296. The Balaban J connectivity index is 1.32. The summed E-state index contributed by atoms with van der Waals surface area (Å²) in [5.74, 6) is 0.351. The van der Waals surface area contributed by atoms with Crippen molar-refractivity contribution in [3.63, 3.8) is 0 Å². The van der Waals surface area contributed by atoms with Crippen LogP contribution in [0.3, 0.4) is 0 Å². The van der Waals surface area contributed by atoms with Crippen molar-refractivity contribution in [2.24, 2.45) is 5.92 Å². The second-order valence-electron chi connectivity index (χ2n) is 8.69. The van der Waals surface area contributed by atoms with Crippen molar-refractivity contribution in [3.8, 4) is 17.3 Å². The summed E-state index contributed by atoms with van der Waals surface area (Å²) in [4.78, 5) is 34.8. The van der Waals surface area contributed by atoms with Crippen molar-refractivity contribution in [1.29, 1.82) is 5.26 Å². The van der Waals surface area contributed by atoms with Gasteiger partial charge in [-0.15, -0.1) is 0 Å². The standard InChI is InChI=1S/C27H26ClN5O2/c1-18(34)33(17-20-4-5-20)26-11-8-21(13-24(26)28)25-10-7-22(16-32-25)27(35)30-12-2-3-19-6-9-23(14-29)31-15-19/h6-11,13,15-16,20H,2-5,12,17H2,1H3,(H,30,35). The highest BCUT2D eigenvalue weighted by Gasteiger charge is 2.27. The molecule has 0 spiro atoms. The van der Waals surface area contributed by atoms with Gasteiger partial charge in [-0.3, -0.25) is 14.6 Å². The lowest BCUT2D eigenvalue weighted by molar-refractivity contribution is -0.116. The predicted molar refractivity (Wildman–Crippen MR) is 135 cm³/mol. The fourth-order valence-corrected chi connectivity index (χ4v) is 4.06. The van der Waals surface area contributed by atoms with Crippen LogP contribution in [-0.4, -0.2) is 34.9 Å². The number of aromatic nitrogens is 2. The molecule has 2 heterocycles. The summed E-state index contributed by atoms with van der Waals surface area (Å²) >= 11 is 6.53. The number of nitriles is 1. The Morgan fingerprint density at radius 2 is 1.97 bits per heavy atom. The maximum Gasteiger partial charge on any atom is 0.252 e. The van der Waals surface area contributed by atoms with Crippen LogP contribution < -0.4 is 10.2 Å². The van der Waals surface area contributed by atoms with Crippen LogP contribution in [0.2, 0.25) is 5.02 Å². The Kier molecular flexibility index (Phi) is 7.74. The minimum Gasteiger partial charge on any atom is -0.352 e. The summed E-state index contributed by atoms with van der Waals surface area (Å²) in [5, 5.41) is 12.2. The van der Waals surface area contributed by atoms with E-state index in [0.717, 1.165) is 36.8 Å². The van der Waals surface area contributed by atoms with Gasteiger partial charge in [-0.05, 0) is 67.5 Å². The van der Waals surface area contributed by atoms with Crippen LogP contribution in [0.1, 0.15) is 47.8 Å². The smallest absolute Gasteiger partial charge is 0.252 e. The van der Waals surface area contributed by atoms with Crippen LogP contribution >= 0.6 is 11.6 Å². The van der Waals surface area contributed by atoms with Crippen LogP contribution in [0.15, 0.2) is 54.9 Å². The number of hydrogen-bond acceptors (Lipinski definition) is 5. The third kappa shape index (κ3) is 6.43. The molecule has 0 bridgehead atoms. The molecule has 178 valence electrons. The topological polar surface area (TPSA) is 99.0 Å². The van der Waals surface area contributed by atoms with E-state index in [0.29, 0.717) is 46.7 Å². The van der Waals surface area contributed by atoms with Crippen LogP contribution in [0, 0.1) is 17.2 Å². The molecule has 1 aliphatic carbocycles. The van der Waals surface area contributed by atoms with Gasteiger partial charge in [0.25, 0.3) is 5.91 Å². The average Bonchev–Trinajstić information content (AvgIpc) is 3.70. The van der Waals surface area contributed by atoms with Crippen LogP contribution in [-0.2, 0) is 11.2 Å². The minimum atomic E-state index is -0.187. The Morgan fingerprint density at radius 1 is 1.14 bits per heavy atom. The van der Waals surface area contributed by atoms with Crippen molar-refractivity contribution in [1.82, 2.24) is 15.3 Å². The average molecular weight is 488 g/mol. The molecule has 1 fully saturated rings. The number of carbonyl (C=O) groups excluding carboxylic acids is 2. The van der Waals surface area contributed by atoms with Gasteiger partial charge in [-0.1, -0.05) is 23.7 Å². The van der Waals surface area contributed by atoms with Gasteiger partial charge in [-0.2, -0.15) is 5.26 Å². The highest BCUT2D eigenvalue weighted by atomic mass is 35.5. The first kappa shape index (κ1) is 24.4. The van der Waals surface area contributed by atoms with E-state index in [4.69, 9.17) is 16.9 Å². The molecule has 4 rings (SSSR count). The molecule has 0 radical (unpaired) electrons. The van der Waals surface area contributed by atoms with Crippen molar-refractivity contribution >= 4 is 29.1 Å². The molecule has 0 saturated heterocycles. The minimum absolute atomic E-state index is 0.0198. The van der Waals surface area contributed by atoms with Gasteiger partial charge in [-0.25, -0.2) is 4.98 Å². The maximum atomic E-state index is 12.5. The third-order valence-corrected chi connectivity index (χ3v) is 6.25. The molecule has 0 atom stereocenters. The number of nitrogens with zero attached hydrogens (tertiary/aromatic N) is 4. The predicted octanol–water partition coefficient (Wildman–Crippen LogP) is 4.79. The SMILES string of the molecule is CC(=O)N(CC1CC1)c1ccc(-c2ccc(C(=O)NCCCc3ccc(C#N)nc3)cn2)cc1Cl. The Bertz CT molecular complexity index is 1250. The van der Waals surface area contributed by atoms with Crippen molar-refractivity contribution < 1.29 is 9.59 Å². The zero-order valence-electron chi connectivity index (χ0n) is 19.5. The summed E-state index contributed by atoms with van der Waals surface area (Å²) in [7, 11) is 0. The van der Waals surface area contributed by atoms with Crippen LogP contribution in [0.4, 0.5) is 5.69 Å². The number of benzene rings is 1. The first-order valence-electron chi connectivity index (χ1n) is 11.6. The van der Waals surface area contributed by atoms with Gasteiger partial charge in [0, 0.05) is 38.0 Å². The molecule has 3 aromatic rings. The van der Waals surface area contributed by atoms with E-state index in [9.17, 15) is 9.59 Å². The number of hydrogen-bond donors (Lipinski definition) is 1. The van der Waals surface area contributed by atoms with E-state index in [1.165, 1.54) is 0 Å². The Labute approximate surface area is 209 Å². The van der Waals surface area contributed by atoms with E-state index < -0.39 is 0 Å². The van der Waals surface area contributed by atoms with Gasteiger partial charge >= 0.3 is 0 Å². The van der Waals surface area contributed by atoms with E-state index >= 15 is 0 Å². The summed E-state index contributed by atoms with van der Waals surface area (Å²) in [6.45, 7) is 2.77. The number of halogens is 1. The number of rotatable bonds is 9. The molecular weight excluding hydrogens is 462 g/mol. The van der Waals surface area contributed by atoms with Gasteiger partial charge in [0.15, 0.2) is 0 Å². The molecule has 1 N–H and O–H groups in total. The number of aryl methyl sites for hydroxylation is 1. The molecule has 2 amide bonds. The van der Waals surface area contributed by atoms with Crippen LogP contribution in [0.25, 0.3) is 11.3 Å². The molecule has 7 nitrogen and oxygen atoms in total. The van der Waals surface area contributed by atoms with E-state index in [-0.39, 0.29) is 11.8 Å². The molecule has 35 heavy (non-hydrogen) atoms. The zero-order valence-corrected chi connectivity index (χ0v) is 20.3. The molecule has 1 aromatic carbocycles. The molecule has 1 saturated carbocycles. The lowest BCUT2D eigenvalue weighted by Crippen LogP contribution is -2.30. The molecule has 2 aromatic heterocycles. The second kappa shape index (κ2) is 11.1. The lowest BCUT2D eigenvalue weighted by Gasteiger charge is -2.22. The van der Waals surface area contributed by atoms with Crippen molar-refractivity contribution in [2.45, 2.75) is 32.6 Å². The zero-order chi connectivity index (χ0) is 24.8. The number of carbonyl (C=O) groups is 2. The van der Waals surface area contributed by atoms with Crippen molar-refractivity contribution in [3.05, 3.63) is 76.7 Å². The van der Waals surface area contributed by atoms with Crippen molar-refractivity contribution in [2.75, 3.05) is 18.0 Å².